The molecule has 1 atom stereocenters. The average Bonchev–Trinajstić information content (AvgIpc) is 2.35. The number of nitrogens with zero attached hydrogens (tertiary/aromatic N) is 2. The molecular weight excluding hydrogens is 210 g/mol. The lowest BCUT2D eigenvalue weighted by molar-refractivity contribution is 0.502. The van der Waals surface area contributed by atoms with Crippen molar-refractivity contribution in [2.75, 3.05) is 18.5 Å². The van der Waals surface area contributed by atoms with Crippen LogP contribution in [0.25, 0.3) is 0 Å². The fraction of sp³-hybridized carbons (Fsp3) is 0.643. The molecular formula is C14H25N3. The Labute approximate surface area is 105 Å². The summed E-state index contributed by atoms with van der Waals surface area (Å²) in [6.07, 6.45) is 1.96. The van der Waals surface area contributed by atoms with E-state index in [0.717, 1.165) is 18.9 Å². The van der Waals surface area contributed by atoms with Crippen LogP contribution in [0.15, 0.2) is 18.3 Å². The van der Waals surface area contributed by atoms with Crippen molar-refractivity contribution in [1.82, 2.24) is 10.3 Å². The minimum absolute atomic E-state index is 0.502. The summed E-state index contributed by atoms with van der Waals surface area (Å²) in [6.45, 7) is 10.7. The Morgan fingerprint density at radius 2 is 2.00 bits per heavy atom. The van der Waals surface area contributed by atoms with E-state index in [4.69, 9.17) is 0 Å². The summed E-state index contributed by atoms with van der Waals surface area (Å²) >= 11 is 0. The summed E-state index contributed by atoms with van der Waals surface area (Å²) in [5, 5.41) is 3.30. The topological polar surface area (TPSA) is 28.2 Å². The van der Waals surface area contributed by atoms with Crippen LogP contribution in [0.4, 0.5) is 5.82 Å². The van der Waals surface area contributed by atoms with Crippen LogP contribution in [0.3, 0.4) is 0 Å². The van der Waals surface area contributed by atoms with Crippen molar-refractivity contribution >= 4 is 5.82 Å². The van der Waals surface area contributed by atoms with E-state index >= 15 is 0 Å². The van der Waals surface area contributed by atoms with Gasteiger partial charge in [0.1, 0.15) is 5.82 Å². The first kappa shape index (κ1) is 14.0. The highest BCUT2D eigenvalue weighted by molar-refractivity contribution is 5.39. The maximum Gasteiger partial charge on any atom is 0.128 e. The second-order valence-corrected chi connectivity index (χ2v) is 4.90. The first-order valence-corrected chi connectivity index (χ1v) is 6.44. The summed E-state index contributed by atoms with van der Waals surface area (Å²) in [7, 11) is 2.11. The van der Waals surface area contributed by atoms with Gasteiger partial charge in [-0.2, -0.15) is 0 Å². The average molecular weight is 235 g/mol. The number of aromatic nitrogens is 1. The Morgan fingerprint density at radius 1 is 1.29 bits per heavy atom. The van der Waals surface area contributed by atoms with Gasteiger partial charge in [0.15, 0.2) is 0 Å². The second kappa shape index (κ2) is 6.60. The largest absolute Gasteiger partial charge is 0.357 e. The zero-order chi connectivity index (χ0) is 12.8. The van der Waals surface area contributed by atoms with Crippen molar-refractivity contribution < 1.29 is 0 Å². The van der Waals surface area contributed by atoms with Gasteiger partial charge in [-0.05, 0) is 31.0 Å². The number of hydrogen-bond acceptors (Lipinski definition) is 3. The van der Waals surface area contributed by atoms with Gasteiger partial charge in [0.2, 0.25) is 0 Å². The van der Waals surface area contributed by atoms with Gasteiger partial charge in [-0.1, -0.05) is 26.8 Å². The highest BCUT2D eigenvalue weighted by Gasteiger charge is 2.14. The van der Waals surface area contributed by atoms with Crippen LogP contribution in [-0.4, -0.2) is 24.6 Å². The van der Waals surface area contributed by atoms with Crippen LogP contribution in [0.5, 0.6) is 0 Å². The van der Waals surface area contributed by atoms with E-state index in [0.29, 0.717) is 12.0 Å². The van der Waals surface area contributed by atoms with E-state index in [1.54, 1.807) is 0 Å². The second-order valence-electron chi connectivity index (χ2n) is 4.90. The Kier molecular flexibility index (Phi) is 5.42. The molecule has 0 saturated carbocycles. The SMILES string of the molecule is CCNCc1ccc(N(C)C(C)C(C)C)nc1. The summed E-state index contributed by atoms with van der Waals surface area (Å²) in [6, 6.07) is 4.75. The lowest BCUT2D eigenvalue weighted by Crippen LogP contribution is -2.33. The van der Waals surface area contributed by atoms with E-state index in [2.05, 4.69) is 62.1 Å². The predicted octanol–water partition coefficient (Wildman–Crippen LogP) is 2.67. The number of hydrogen-bond donors (Lipinski definition) is 1. The molecule has 0 radical (unpaired) electrons. The molecule has 1 heterocycles. The monoisotopic (exact) mass is 235 g/mol. The maximum absolute atomic E-state index is 4.52. The molecule has 1 rings (SSSR count). The van der Waals surface area contributed by atoms with Crippen molar-refractivity contribution in [2.45, 2.75) is 40.3 Å². The van der Waals surface area contributed by atoms with Gasteiger partial charge in [0.05, 0.1) is 0 Å². The molecule has 1 aromatic rings. The van der Waals surface area contributed by atoms with E-state index < -0.39 is 0 Å². The molecule has 0 aliphatic carbocycles. The third-order valence-electron chi connectivity index (χ3n) is 3.33. The van der Waals surface area contributed by atoms with Gasteiger partial charge in [-0.25, -0.2) is 4.98 Å². The van der Waals surface area contributed by atoms with Crippen molar-refractivity contribution in [3.63, 3.8) is 0 Å². The smallest absolute Gasteiger partial charge is 0.128 e. The minimum Gasteiger partial charge on any atom is -0.357 e. The van der Waals surface area contributed by atoms with Crippen molar-refractivity contribution in [1.29, 1.82) is 0 Å². The van der Waals surface area contributed by atoms with Crippen molar-refractivity contribution in [3.8, 4) is 0 Å². The first-order chi connectivity index (χ1) is 8.06. The van der Waals surface area contributed by atoms with Crippen LogP contribution in [0.2, 0.25) is 0 Å². The van der Waals surface area contributed by atoms with Crippen molar-refractivity contribution in [3.05, 3.63) is 23.9 Å². The van der Waals surface area contributed by atoms with Gasteiger partial charge in [-0.15, -0.1) is 0 Å². The predicted molar refractivity (Wildman–Crippen MR) is 74.3 cm³/mol. The maximum atomic E-state index is 4.52. The quantitative estimate of drug-likeness (QED) is 0.821. The molecule has 17 heavy (non-hydrogen) atoms. The van der Waals surface area contributed by atoms with E-state index in [1.807, 2.05) is 6.20 Å². The molecule has 0 aromatic carbocycles. The first-order valence-electron chi connectivity index (χ1n) is 6.44. The molecule has 1 N–H and O–H groups in total. The third-order valence-corrected chi connectivity index (χ3v) is 3.33. The molecule has 3 nitrogen and oxygen atoms in total. The molecule has 0 spiro atoms. The Hall–Kier alpha value is -1.09. The van der Waals surface area contributed by atoms with E-state index in [9.17, 15) is 0 Å². The highest BCUT2D eigenvalue weighted by atomic mass is 15.2. The lowest BCUT2D eigenvalue weighted by Gasteiger charge is -2.29. The molecule has 96 valence electrons. The van der Waals surface area contributed by atoms with Gasteiger partial charge in [-0.3, -0.25) is 0 Å². The van der Waals surface area contributed by atoms with Crippen LogP contribution in [0.1, 0.15) is 33.3 Å². The standard InChI is InChI=1S/C14H25N3/c1-6-15-9-13-7-8-14(16-10-13)17(5)12(4)11(2)3/h7-8,10-12,15H,6,9H2,1-5H3. The van der Waals surface area contributed by atoms with Crippen LogP contribution in [0, 0.1) is 5.92 Å². The molecule has 0 aliphatic rings. The van der Waals surface area contributed by atoms with Crippen molar-refractivity contribution in [2.24, 2.45) is 5.92 Å². The number of pyridine rings is 1. The molecule has 1 unspecified atom stereocenters. The lowest BCUT2D eigenvalue weighted by atomic mass is 10.1. The van der Waals surface area contributed by atoms with E-state index in [1.165, 1.54) is 5.56 Å². The van der Waals surface area contributed by atoms with Crippen LogP contribution in [-0.2, 0) is 6.54 Å². The zero-order valence-electron chi connectivity index (χ0n) is 11.7. The summed E-state index contributed by atoms with van der Waals surface area (Å²) in [5.41, 5.74) is 1.24. The fourth-order valence-corrected chi connectivity index (χ4v) is 1.66. The fourth-order valence-electron chi connectivity index (χ4n) is 1.66. The van der Waals surface area contributed by atoms with Gasteiger partial charge >= 0.3 is 0 Å². The van der Waals surface area contributed by atoms with Crippen LogP contribution >= 0.6 is 0 Å². The Balaban J connectivity index is 2.66. The number of nitrogens with one attached hydrogen (secondary N) is 1. The Morgan fingerprint density at radius 3 is 2.47 bits per heavy atom. The minimum atomic E-state index is 0.502. The van der Waals surface area contributed by atoms with Crippen LogP contribution < -0.4 is 10.2 Å². The number of rotatable bonds is 6. The number of anilines is 1. The van der Waals surface area contributed by atoms with Gasteiger partial charge in [0, 0.05) is 25.8 Å². The summed E-state index contributed by atoms with van der Waals surface area (Å²) in [5.74, 6) is 1.68. The molecule has 0 amide bonds. The molecule has 0 fully saturated rings. The summed E-state index contributed by atoms with van der Waals surface area (Å²) in [4.78, 5) is 6.76. The Bertz CT molecular complexity index is 319. The van der Waals surface area contributed by atoms with E-state index in [-0.39, 0.29) is 0 Å². The molecule has 0 saturated heterocycles. The zero-order valence-corrected chi connectivity index (χ0v) is 11.7. The molecule has 0 aliphatic heterocycles. The van der Waals surface area contributed by atoms with Gasteiger partial charge < -0.3 is 10.2 Å². The molecule has 0 bridgehead atoms. The van der Waals surface area contributed by atoms with Gasteiger partial charge in [0.25, 0.3) is 0 Å². The molecule has 3 heteroatoms. The normalized spacial score (nSPS) is 12.8. The molecule has 1 aromatic heterocycles. The summed E-state index contributed by atoms with van der Waals surface area (Å²) < 4.78 is 0. The highest BCUT2D eigenvalue weighted by Crippen LogP contribution is 2.16. The third kappa shape index (κ3) is 4.00.